The van der Waals surface area contributed by atoms with E-state index in [0.717, 1.165) is 6.42 Å². The van der Waals surface area contributed by atoms with Crippen molar-refractivity contribution in [2.75, 3.05) is 19.7 Å². The predicted octanol–water partition coefficient (Wildman–Crippen LogP) is 0.735. The number of amides is 1. The van der Waals surface area contributed by atoms with Crippen LogP contribution in [0.3, 0.4) is 0 Å². The van der Waals surface area contributed by atoms with Crippen LogP contribution in [0, 0.1) is 5.92 Å². The summed E-state index contributed by atoms with van der Waals surface area (Å²) in [5.41, 5.74) is -0.0698. The fourth-order valence-electron chi connectivity index (χ4n) is 2.11. The third-order valence-electron chi connectivity index (χ3n) is 2.88. The Kier molecular flexibility index (Phi) is 4.15. The van der Waals surface area contributed by atoms with Gasteiger partial charge >= 0.3 is 6.09 Å². The quantitative estimate of drug-likeness (QED) is 0.654. The molecule has 16 heavy (non-hydrogen) atoms. The van der Waals surface area contributed by atoms with Crippen LogP contribution in [0.5, 0.6) is 0 Å². The lowest BCUT2D eigenvalue weighted by Crippen LogP contribution is -2.57. The van der Waals surface area contributed by atoms with Crippen molar-refractivity contribution in [3.05, 3.63) is 0 Å². The number of nitrogens with one attached hydrogen (secondary N) is 1. The van der Waals surface area contributed by atoms with Gasteiger partial charge in [0.05, 0.1) is 0 Å². The Labute approximate surface area is 96.4 Å². The van der Waals surface area contributed by atoms with Crippen LogP contribution in [0.2, 0.25) is 0 Å². The van der Waals surface area contributed by atoms with E-state index in [4.69, 9.17) is 5.11 Å². The molecule has 0 unspecified atom stereocenters. The minimum Gasteiger partial charge on any atom is -0.465 e. The Morgan fingerprint density at radius 1 is 1.50 bits per heavy atom. The number of aliphatic hydroxyl groups is 1. The molecule has 0 aromatic heterocycles. The van der Waals surface area contributed by atoms with Crippen molar-refractivity contribution in [2.24, 2.45) is 5.92 Å². The molecule has 0 radical (unpaired) electrons. The molecule has 1 amide bonds. The maximum atomic E-state index is 10.9. The van der Waals surface area contributed by atoms with E-state index in [1.54, 1.807) is 0 Å². The molecular formula is C11H22N2O3. The van der Waals surface area contributed by atoms with Gasteiger partial charge in [-0.1, -0.05) is 0 Å². The lowest BCUT2D eigenvalue weighted by Gasteiger charge is -2.40. The molecule has 5 heteroatoms. The second-order valence-corrected chi connectivity index (χ2v) is 5.46. The smallest absolute Gasteiger partial charge is 0.407 e. The molecule has 5 nitrogen and oxygen atoms in total. The normalized spacial score (nSPS) is 26.9. The topological polar surface area (TPSA) is 72.8 Å². The van der Waals surface area contributed by atoms with Gasteiger partial charge in [-0.2, -0.15) is 0 Å². The van der Waals surface area contributed by atoms with Crippen LogP contribution in [0.15, 0.2) is 0 Å². The molecule has 3 N–H and O–H groups in total. The number of carbonyl (C=O) groups is 1. The van der Waals surface area contributed by atoms with E-state index in [-0.39, 0.29) is 24.1 Å². The molecule has 0 aromatic carbocycles. The molecule has 1 saturated heterocycles. The van der Waals surface area contributed by atoms with Crippen molar-refractivity contribution >= 4 is 6.09 Å². The Balaban J connectivity index is 2.64. The van der Waals surface area contributed by atoms with Gasteiger partial charge < -0.3 is 20.4 Å². The minimum atomic E-state index is -0.878. The van der Waals surface area contributed by atoms with E-state index in [1.165, 1.54) is 4.90 Å². The zero-order chi connectivity index (χ0) is 12.3. The highest BCUT2D eigenvalue weighted by molar-refractivity contribution is 5.65. The average molecular weight is 230 g/mol. The fraction of sp³-hybridized carbons (Fsp3) is 0.909. The summed E-state index contributed by atoms with van der Waals surface area (Å²) >= 11 is 0. The molecular weight excluding hydrogens is 208 g/mol. The highest BCUT2D eigenvalue weighted by Gasteiger charge is 2.32. The molecule has 0 aliphatic carbocycles. The highest BCUT2D eigenvalue weighted by atomic mass is 16.4. The standard InChI is InChI=1S/C11H22N2O3/c1-11(2,3)12-9-6-13(10(15)16)5-4-8(9)7-14/h8-9,12,14H,4-7H2,1-3H3,(H,15,16)/t8-,9-/m1/s1. The zero-order valence-electron chi connectivity index (χ0n) is 10.2. The second kappa shape index (κ2) is 5.01. The van der Waals surface area contributed by atoms with Crippen molar-refractivity contribution in [3.63, 3.8) is 0 Å². The van der Waals surface area contributed by atoms with Gasteiger partial charge in [-0.3, -0.25) is 0 Å². The Bertz CT molecular complexity index is 250. The molecule has 2 atom stereocenters. The summed E-state index contributed by atoms with van der Waals surface area (Å²) in [4.78, 5) is 12.3. The number of rotatable bonds is 2. The summed E-state index contributed by atoms with van der Waals surface area (Å²) in [6.45, 7) is 7.21. The Hall–Kier alpha value is -0.810. The van der Waals surface area contributed by atoms with Gasteiger partial charge in [0, 0.05) is 37.2 Å². The van der Waals surface area contributed by atoms with E-state index in [1.807, 2.05) is 20.8 Å². The first kappa shape index (κ1) is 13.3. The number of likely N-dealkylation sites (tertiary alicyclic amines) is 1. The van der Waals surface area contributed by atoms with E-state index in [2.05, 4.69) is 5.32 Å². The fourth-order valence-corrected chi connectivity index (χ4v) is 2.11. The summed E-state index contributed by atoms with van der Waals surface area (Å²) in [5, 5.41) is 21.6. The van der Waals surface area contributed by atoms with E-state index >= 15 is 0 Å². The first-order chi connectivity index (χ1) is 7.33. The average Bonchev–Trinajstić information content (AvgIpc) is 2.15. The third kappa shape index (κ3) is 3.64. The van der Waals surface area contributed by atoms with Crippen LogP contribution < -0.4 is 5.32 Å². The molecule has 1 rings (SSSR count). The molecule has 0 bridgehead atoms. The third-order valence-corrected chi connectivity index (χ3v) is 2.88. The lowest BCUT2D eigenvalue weighted by atomic mass is 9.90. The molecule has 0 aromatic rings. The van der Waals surface area contributed by atoms with Crippen molar-refractivity contribution < 1.29 is 15.0 Å². The summed E-state index contributed by atoms with van der Waals surface area (Å²) in [7, 11) is 0. The maximum Gasteiger partial charge on any atom is 0.407 e. The molecule has 1 aliphatic heterocycles. The van der Waals surface area contributed by atoms with Gasteiger partial charge in [0.2, 0.25) is 0 Å². The highest BCUT2D eigenvalue weighted by Crippen LogP contribution is 2.19. The number of hydrogen-bond donors (Lipinski definition) is 3. The summed E-state index contributed by atoms with van der Waals surface area (Å²) in [6, 6.07) is 0.0369. The van der Waals surface area contributed by atoms with Crippen molar-refractivity contribution in [1.29, 1.82) is 0 Å². The first-order valence-corrected chi connectivity index (χ1v) is 5.70. The van der Waals surface area contributed by atoms with Crippen LogP contribution in [-0.2, 0) is 0 Å². The van der Waals surface area contributed by atoms with Gasteiger partial charge in [-0.05, 0) is 27.2 Å². The molecule has 1 aliphatic rings. The summed E-state index contributed by atoms with van der Waals surface area (Å²) < 4.78 is 0. The summed E-state index contributed by atoms with van der Waals surface area (Å²) in [6.07, 6.45) is -0.159. The second-order valence-electron chi connectivity index (χ2n) is 5.46. The number of aliphatic hydroxyl groups excluding tert-OH is 1. The van der Waals surface area contributed by atoms with E-state index in [0.29, 0.717) is 13.1 Å². The van der Waals surface area contributed by atoms with Gasteiger partial charge in [-0.25, -0.2) is 4.79 Å². The number of carboxylic acid groups (broad SMARTS) is 1. The zero-order valence-corrected chi connectivity index (χ0v) is 10.2. The van der Waals surface area contributed by atoms with Crippen molar-refractivity contribution in [2.45, 2.75) is 38.8 Å². The van der Waals surface area contributed by atoms with Crippen molar-refractivity contribution in [3.8, 4) is 0 Å². The van der Waals surface area contributed by atoms with Crippen LogP contribution in [0.4, 0.5) is 4.79 Å². The monoisotopic (exact) mass is 230 g/mol. The van der Waals surface area contributed by atoms with Gasteiger partial charge in [-0.15, -0.1) is 0 Å². The van der Waals surface area contributed by atoms with Crippen LogP contribution in [0.25, 0.3) is 0 Å². The first-order valence-electron chi connectivity index (χ1n) is 5.70. The maximum absolute atomic E-state index is 10.9. The SMILES string of the molecule is CC(C)(C)N[C@@H]1CN(C(=O)O)CC[C@@H]1CO. The minimum absolute atomic E-state index is 0.0369. The van der Waals surface area contributed by atoms with Crippen LogP contribution >= 0.6 is 0 Å². The molecule has 0 spiro atoms. The van der Waals surface area contributed by atoms with Gasteiger partial charge in [0.15, 0.2) is 0 Å². The van der Waals surface area contributed by atoms with Gasteiger partial charge in [0.1, 0.15) is 0 Å². The van der Waals surface area contributed by atoms with E-state index < -0.39 is 6.09 Å². The lowest BCUT2D eigenvalue weighted by molar-refractivity contribution is 0.0758. The van der Waals surface area contributed by atoms with Gasteiger partial charge in [0.25, 0.3) is 0 Å². The van der Waals surface area contributed by atoms with E-state index in [9.17, 15) is 9.90 Å². The number of nitrogens with zero attached hydrogens (tertiary/aromatic N) is 1. The van der Waals surface area contributed by atoms with Crippen molar-refractivity contribution in [1.82, 2.24) is 10.2 Å². The molecule has 0 saturated carbocycles. The Morgan fingerprint density at radius 3 is 2.56 bits per heavy atom. The predicted molar refractivity (Wildman–Crippen MR) is 61.5 cm³/mol. The Morgan fingerprint density at radius 2 is 2.12 bits per heavy atom. The summed E-state index contributed by atoms with van der Waals surface area (Å²) in [5.74, 6) is 0.148. The van der Waals surface area contributed by atoms with Crippen LogP contribution in [-0.4, -0.2) is 52.5 Å². The number of piperidine rings is 1. The number of hydrogen-bond acceptors (Lipinski definition) is 3. The molecule has 1 heterocycles. The molecule has 1 fully saturated rings. The largest absolute Gasteiger partial charge is 0.465 e. The molecule has 94 valence electrons. The van der Waals surface area contributed by atoms with Crippen LogP contribution in [0.1, 0.15) is 27.2 Å².